The van der Waals surface area contributed by atoms with Crippen LogP contribution in [0, 0.1) is 0 Å². The van der Waals surface area contributed by atoms with Crippen molar-refractivity contribution in [2.24, 2.45) is 0 Å². The Morgan fingerprint density at radius 3 is 2.12 bits per heavy atom. The number of sulfonamides is 1. The summed E-state index contributed by atoms with van der Waals surface area (Å²) >= 11 is 0. The van der Waals surface area contributed by atoms with Gasteiger partial charge >= 0.3 is 6.18 Å². The second kappa shape index (κ2) is 7.80. The lowest BCUT2D eigenvalue weighted by molar-refractivity contribution is -0.137. The van der Waals surface area contributed by atoms with Crippen molar-refractivity contribution in [2.75, 3.05) is 6.54 Å². The normalized spacial score (nSPS) is 13.8. The van der Waals surface area contributed by atoms with Gasteiger partial charge in [-0.05, 0) is 48.6 Å². The maximum atomic E-state index is 12.8. The molecule has 0 fully saturated rings. The van der Waals surface area contributed by atoms with Crippen LogP contribution in [0.15, 0.2) is 48.5 Å². The van der Waals surface area contributed by atoms with Crippen molar-refractivity contribution in [1.29, 1.82) is 0 Å². The average molecular weight is 385 g/mol. The third-order valence-corrected chi connectivity index (χ3v) is 6.02. The third-order valence-electron chi connectivity index (χ3n) is 4.21. The molecule has 0 aliphatic carbocycles. The van der Waals surface area contributed by atoms with Crippen LogP contribution in [0.4, 0.5) is 13.2 Å². The van der Waals surface area contributed by atoms with E-state index in [-0.39, 0.29) is 12.5 Å². The summed E-state index contributed by atoms with van der Waals surface area (Å²) in [7, 11) is -3.33. The molecule has 0 heterocycles. The van der Waals surface area contributed by atoms with Crippen molar-refractivity contribution in [3.63, 3.8) is 0 Å². The maximum absolute atomic E-state index is 12.8. The highest BCUT2D eigenvalue weighted by Gasteiger charge is 2.30. The lowest BCUT2D eigenvalue weighted by Crippen LogP contribution is -2.33. The van der Waals surface area contributed by atoms with Gasteiger partial charge in [0.1, 0.15) is 0 Å². The van der Waals surface area contributed by atoms with E-state index in [1.54, 1.807) is 32.0 Å². The predicted octanol–water partition coefficient (Wildman–Crippen LogP) is 4.80. The van der Waals surface area contributed by atoms with Gasteiger partial charge in [-0.15, -0.1) is 0 Å². The molecule has 2 aromatic rings. The Morgan fingerprint density at radius 2 is 1.58 bits per heavy atom. The molecule has 3 nitrogen and oxygen atoms in total. The van der Waals surface area contributed by atoms with Crippen LogP contribution in [0.5, 0.6) is 0 Å². The molecule has 142 valence electrons. The molecule has 2 rings (SSSR count). The summed E-state index contributed by atoms with van der Waals surface area (Å²) < 4.78 is 64.7. The minimum absolute atomic E-state index is 0.0564. The number of alkyl halides is 3. The summed E-state index contributed by atoms with van der Waals surface area (Å²) in [6.07, 6.45) is -4.38. The largest absolute Gasteiger partial charge is 0.416 e. The topological polar surface area (TPSA) is 46.2 Å². The molecule has 0 saturated carbocycles. The van der Waals surface area contributed by atoms with Crippen LogP contribution < -0.4 is 4.72 Å². The van der Waals surface area contributed by atoms with E-state index in [2.05, 4.69) is 4.72 Å². The Kier molecular flexibility index (Phi) is 6.13. The molecule has 0 aliphatic rings. The minimum Gasteiger partial charge on any atom is -0.214 e. The van der Waals surface area contributed by atoms with E-state index in [0.29, 0.717) is 11.1 Å². The van der Waals surface area contributed by atoms with Crippen LogP contribution in [-0.4, -0.2) is 20.2 Å². The van der Waals surface area contributed by atoms with E-state index in [4.69, 9.17) is 0 Å². The van der Waals surface area contributed by atoms with E-state index in [1.807, 2.05) is 19.1 Å². The number of benzene rings is 2. The van der Waals surface area contributed by atoms with E-state index in [1.165, 1.54) is 6.07 Å². The van der Waals surface area contributed by atoms with Crippen LogP contribution >= 0.6 is 0 Å². The van der Waals surface area contributed by atoms with Gasteiger partial charge < -0.3 is 0 Å². The SMILES string of the molecule is CC(CNS(=O)(=O)C(C)C)c1ccc(-c2cccc(C(F)(F)F)c2)cc1. The van der Waals surface area contributed by atoms with E-state index in [0.717, 1.165) is 17.7 Å². The van der Waals surface area contributed by atoms with Gasteiger partial charge in [0.15, 0.2) is 0 Å². The molecule has 1 atom stereocenters. The fraction of sp³-hybridized carbons (Fsp3) is 0.368. The lowest BCUT2D eigenvalue weighted by atomic mass is 9.97. The standard InChI is InChI=1S/C19H22F3NO2S/c1-13(2)26(24,25)23-12-14(3)15-7-9-16(10-8-15)17-5-4-6-18(11-17)19(20,21)22/h4-11,13-14,23H,12H2,1-3H3. The molecule has 0 aliphatic heterocycles. The van der Waals surface area contributed by atoms with Crippen LogP contribution in [0.1, 0.15) is 37.8 Å². The zero-order chi connectivity index (χ0) is 19.5. The van der Waals surface area contributed by atoms with Crippen molar-refractivity contribution in [3.8, 4) is 11.1 Å². The fourth-order valence-corrected chi connectivity index (χ4v) is 3.22. The van der Waals surface area contributed by atoms with Crippen molar-refractivity contribution in [1.82, 2.24) is 4.72 Å². The zero-order valence-corrected chi connectivity index (χ0v) is 15.7. The number of rotatable bonds is 6. The summed E-state index contributed by atoms with van der Waals surface area (Å²) in [5.74, 6) is -0.0564. The Hall–Kier alpha value is -1.86. The highest BCUT2D eigenvalue weighted by Crippen LogP contribution is 2.32. The van der Waals surface area contributed by atoms with E-state index < -0.39 is 27.0 Å². The summed E-state index contributed by atoms with van der Waals surface area (Å²) in [6.45, 7) is 5.37. The predicted molar refractivity (Wildman–Crippen MR) is 97.4 cm³/mol. The molecule has 0 bridgehead atoms. The van der Waals surface area contributed by atoms with E-state index >= 15 is 0 Å². The molecule has 1 unspecified atom stereocenters. The molecule has 0 amide bonds. The van der Waals surface area contributed by atoms with Crippen LogP contribution in [0.3, 0.4) is 0 Å². The molecule has 0 radical (unpaired) electrons. The van der Waals surface area contributed by atoms with Gasteiger partial charge in [-0.25, -0.2) is 13.1 Å². The number of hydrogen-bond acceptors (Lipinski definition) is 2. The molecule has 0 saturated heterocycles. The first-order valence-corrected chi connectivity index (χ1v) is 9.81. The summed E-state index contributed by atoms with van der Waals surface area (Å²) in [5.41, 5.74) is 1.39. The minimum atomic E-state index is -4.38. The van der Waals surface area contributed by atoms with Crippen LogP contribution in [0.25, 0.3) is 11.1 Å². The summed E-state index contributed by atoms with van der Waals surface area (Å²) in [6, 6.07) is 12.3. The molecule has 1 N–H and O–H groups in total. The van der Waals surface area contributed by atoms with E-state index in [9.17, 15) is 21.6 Å². The van der Waals surface area contributed by atoms with Gasteiger partial charge in [0.05, 0.1) is 10.8 Å². The molecule has 2 aromatic carbocycles. The first kappa shape index (κ1) is 20.5. The summed E-state index contributed by atoms with van der Waals surface area (Å²) in [4.78, 5) is 0. The first-order chi connectivity index (χ1) is 12.0. The number of hydrogen-bond donors (Lipinski definition) is 1. The zero-order valence-electron chi connectivity index (χ0n) is 14.8. The Morgan fingerprint density at radius 1 is 0.962 bits per heavy atom. The highest BCUT2D eigenvalue weighted by atomic mass is 32.2. The molecule has 26 heavy (non-hydrogen) atoms. The van der Waals surface area contributed by atoms with Gasteiger partial charge in [0.25, 0.3) is 0 Å². The number of halogens is 3. The highest BCUT2D eigenvalue weighted by molar-refractivity contribution is 7.90. The number of nitrogens with one attached hydrogen (secondary N) is 1. The van der Waals surface area contributed by atoms with Crippen LogP contribution in [0.2, 0.25) is 0 Å². The molecule has 0 aromatic heterocycles. The second-order valence-electron chi connectivity index (χ2n) is 6.54. The van der Waals surface area contributed by atoms with Gasteiger partial charge in [0, 0.05) is 6.54 Å². The Balaban J connectivity index is 2.13. The van der Waals surface area contributed by atoms with Gasteiger partial charge in [0.2, 0.25) is 10.0 Å². The smallest absolute Gasteiger partial charge is 0.214 e. The Bertz CT molecular complexity index is 844. The lowest BCUT2D eigenvalue weighted by Gasteiger charge is -2.15. The van der Waals surface area contributed by atoms with Gasteiger partial charge in [-0.3, -0.25) is 0 Å². The second-order valence-corrected chi connectivity index (χ2v) is 8.87. The van der Waals surface area contributed by atoms with Gasteiger partial charge in [-0.2, -0.15) is 13.2 Å². The molecular weight excluding hydrogens is 363 g/mol. The van der Waals surface area contributed by atoms with Crippen molar-refractivity contribution in [2.45, 2.75) is 38.1 Å². The quantitative estimate of drug-likeness (QED) is 0.776. The molecule has 0 spiro atoms. The van der Waals surface area contributed by atoms with Crippen molar-refractivity contribution in [3.05, 3.63) is 59.7 Å². The average Bonchev–Trinajstić information content (AvgIpc) is 2.59. The first-order valence-electron chi connectivity index (χ1n) is 8.27. The van der Waals surface area contributed by atoms with Gasteiger partial charge in [-0.1, -0.05) is 43.3 Å². The molecular formula is C19H22F3NO2S. The third kappa shape index (κ3) is 5.08. The van der Waals surface area contributed by atoms with Crippen LogP contribution in [-0.2, 0) is 16.2 Å². The Labute approximate surface area is 152 Å². The maximum Gasteiger partial charge on any atom is 0.416 e. The summed E-state index contributed by atoms with van der Waals surface area (Å²) in [5, 5.41) is -0.502. The van der Waals surface area contributed by atoms with Crippen molar-refractivity contribution < 1.29 is 21.6 Å². The monoisotopic (exact) mass is 385 g/mol. The van der Waals surface area contributed by atoms with Crippen molar-refractivity contribution >= 4 is 10.0 Å². The fourth-order valence-electron chi connectivity index (χ4n) is 2.40. The molecule has 7 heteroatoms.